The molecule has 0 radical (unpaired) electrons. The van der Waals surface area contributed by atoms with Crippen molar-refractivity contribution < 1.29 is 19.2 Å². The molecule has 2 aliphatic rings. The summed E-state index contributed by atoms with van der Waals surface area (Å²) >= 11 is 1.33. The Morgan fingerprint density at radius 1 is 0.971 bits per heavy atom. The average Bonchev–Trinajstić information content (AvgIpc) is 3.63. The third-order valence-corrected chi connectivity index (χ3v) is 7.19. The van der Waals surface area contributed by atoms with E-state index in [-0.39, 0.29) is 5.78 Å². The minimum atomic E-state index is -1.58. The first-order valence-electron chi connectivity index (χ1n) is 11.2. The highest BCUT2D eigenvalue weighted by Gasteiger charge is 2.63. The summed E-state index contributed by atoms with van der Waals surface area (Å²) < 4.78 is 6.16. The van der Waals surface area contributed by atoms with Gasteiger partial charge in [-0.2, -0.15) is 0 Å². The number of Topliss-reactive ketones (excluding diaryl/α,β-unsaturated/α-hetero) is 1. The summed E-state index contributed by atoms with van der Waals surface area (Å²) in [7, 11) is 0. The van der Waals surface area contributed by atoms with E-state index in [1.165, 1.54) is 11.3 Å². The zero-order valence-corrected chi connectivity index (χ0v) is 19.3. The van der Waals surface area contributed by atoms with Crippen molar-refractivity contribution in [3.8, 4) is 5.75 Å². The van der Waals surface area contributed by atoms with E-state index in [4.69, 9.17) is 9.57 Å². The van der Waals surface area contributed by atoms with E-state index in [9.17, 15) is 9.59 Å². The molecule has 2 aliphatic heterocycles. The van der Waals surface area contributed by atoms with Gasteiger partial charge in [0.15, 0.2) is 5.78 Å². The van der Waals surface area contributed by atoms with Crippen LogP contribution in [-0.2, 0) is 21.8 Å². The highest BCUT2D eigenvalue weighted by Crippen LogP contribution is 2.50. The Morgan fingerprint density at radius 3 is 2.57 bits per heavy atom. The van der Waals surface area contributed by atoms with Crippen LogP contribution in [0.25, 0.3) is 0 Å². The van der Waals surface area contributed by atoms with Crippen molar-refractivity contribution in [2.45, 2.75) is 12.2 Å². The van der Waals surface area contributed by atoms with E-state index >= 15 is 0 Å². The molecule has 35 heavy (non-hydrogen) atoms. The van der Waals surface area contributed by atoms with Crippen LogP contribution in [0.15, 0.2) is 102 Å². The topological polar surface area (TPSA) is 77.0 Å². The maximum absolute atomic E-state index is 13.9. The van der Waals surface area contributed by atoms with Gasteiger partial charge in [-0.05, 0) is 35.2 Å². The fraction of sp³-hybridized carbons (Fsp3) is 0.107. The van der Waals surface area contributed by atoms with Crippen molar-refractivity contribution in [3.05, 3.63) is 118 Å². The first kappa shape index (κ1) is 21.3. The lowest BCUT2D eigenvalue weighted by Crippen LogP contribution is -2.46. The van der Waals surface area contributed by atoms with E-state index in [1.54, 1.807) is 18.2 Å². The number of anilines is 1. The van der Waals surface area contributed by atoms with Crippen LogP contribution in [0.5, 0.6) is 5.75 Å². The molecule has 6 rings (SSSR count). The van der Waals surface area contributed by atoms with Crippen molar-refractivity contribution in [2.75, 3.05) is 5.32 Å². The van der Waals surface area contributed by atoms with Crippen molar-refractivity contribution in [2.24, 2.45) is 11.1 Å². The average molecular weight is 481 g/mol. The van der Waals surface area contributed by atoms with E-state index < -0.39 is 17.4 Å². The number of para-hydroxylation sites is 2. The van der Waals surface area contributed by atoms with Crippen LogP contribution in [0.4, 0.5) is 5.69 Å². The lowest BCUT2D eigenvalue weighted by Gasteiger charge is -2.26. The normalized spacial score (nSPS) is 20.2. The molecular formula is C28H20N2O4S. The Morgan fingerprint density at radius 2 is 1.74 bits per heavy atom. The molecule has 0 bridgehead atoms. The quantitative estimate of drug-likeness (QED) is 0.375. The Kier molecular flexibility index (Phi) is 5.19. The highest BCUT2D eigenvalue weighted by molar-refractivity contribution is 7.12. The Labute approximate surface area is 205 Å². The van der Waals surface area contributed by atoms with Crippen molar-refractivity contribution in [3.63, 3.8) is 0 Å². The van der Waals surface area contributed by atoms with E-state index in [0.717, 1.165) is 5.56 Å². The van der Waals surface area contributed by atoms with Gasteiger partial charge in [-0.15, -0.1) is 11.3 Å². The summed E-state index contributed by atoms with van der Waals surface area (Å²) in [6.45, 7) is 0.351. The minimum Gasteiger partial charge on any atom is -0.488 e. The number of amides is 1. The van der Waals surface area contributed by atoms with Gasteiger partial charge in [-0.25, -0.2) is 0 Å². The number of oxime groups is 1. The molecule has 4 aromatic rings. The standard InChI is InChI=1S/C28H20N2O4S/c31-26(23-15-8-16-35-23)24-25(30-34-28(24)20-12-5-6-13-21(20)29-27(28)32)19-11-4-7-14-22(19)33-17-18-9-2-1-3-10-18/h1-16,24H,17H2,(H,29,32)/t24-,28+/m0/s1. The zero-order chi connectivity index (χ0) is 23.8. The molecule has 0 fully saturated rings. The molecule has 1 aromatic heterocycles. The van der Waals surface area contributed by atoms with Gasteiger partial charge in [0.05, 0.1) is 4.88 Å². The van der Waals surface area contributed by atoms with Gasteiger partial charge in [-0.3, -0.25) is 9.59 Å². The van der Waals surface area contributed by atoms with E-state index in [2.05, 4.69) is 10.5 Å². The highest BCUT2D eigenvalue weighted by atomic mass is 32.1. The molecule has 3 aromatic carbocycles. The number of hydrogen-bond acceptors (Lipinski definition) is 6. The molecule has 7 heteroatoms. The number of nitrogens with zero attached hydrogens (tertiary/aromatic N) is 1. The fourth-order valence-corrected chi connectivity index (χ4v) is 5.36. The number of benzene rings is 3. The van der Waals surface area contributed by atoms with E-state index in [0.29, 0.717) is 39.8 Å². The number of thiophene rings is 1. The Hall–Kier alpha value is -4.23. The molecule has 1 N–H and O–H groups in total. The predicted octanol–water partition coefficient (Wildman–Crippen LogP) is 5.41. The second-order valence-electron chi connectivity index (χ2n) is 8.35. The Balaban J connectivity index is 1.45. The zero-order valence-electron chi connectivity index (χ0n) is 18.5. The summed E-state index contributed by atoms with van der Waals surface area (Å²) in [6, 6.07) is 28.1. The molecule has 1 amide bonds. The van der Waals surface area contributed by atoms with Gasteiger partial charge in [0.1, 0.15) is 24.0 Å². The van der Waals surface area contributed by atoms with Crippen LogP contribution < -0.4 is 10.1 Å². The fourth-order valence-electron chi connectivity index (χ4n) is 4.66. The third kappa shape index (κ3) is 3.43. The largest absolute Gasteiger partial charge is 0.488 e. The first-order chi connectivity index (χ1) is 17.2. The molecule has 2 atom stereocenters. The number of ether oxygens (including phenoxy) is 1. The van der Waals surface area contributed by atoms with Gasteiger partial charge >= 0.3 is 0 Å². The second kappa shape index (κ2) is 8.52. The first-order valence-corrected chi connectivity index (χ1v) is 12.1. The number of carbonyl (C=O) groups excluding carboxylic acids is 2. The molecule has 6 nitrogen and oxygen atoms in total. The molecule has 3 heterocycles. The van der Waals surface area contributed by atoms with Crippen LogP contribution >= 0.6 is 11.3 Å². The van der Waals surface area contributed by atoms with Crippen molar-refractivity contribution in [1.82, 2.24) is 0 Å². The van der Waals surface area contributed by atoms with Gasteiger partial charge < -0.3 is 14.9 Å². The van der Waals surface area contributed by atoms with Crippen molar-refractivity contribution in [1.29, 1.82) is 0 Å². The number of ketones is 1. The molecule has 0 unspecified atom stereocenters. The number of carbonyl (C=O) groups is 2. The SMILES string of the molecule is O=C(c1cccs1)[C@@H]1C(c2ccccc2OCc2ccccc2)=NO[C@@]12C(=O)Nc1ccccc12. The van der Waals surface area contributed by atoms with E-state index in [1.807, 2.05) is 78.2 Å². The maximum Gasteiger partial charge on any atom is 0.277 e. The molecule has 0 saturated carbocycles. The van der Waals surface area contributed by atoms with Gasteiger partial charge in [0, 0.05) is 16.8 Å². The van der Waals surface area contributed by atoms with Crippen LogP contribution in [0, 0.1) is 5.92 Å². The summed E-state index contributed by atoms with van der Waals surface area (Å²) in [4.78, 5) is 33.8. The molecule has 172 valence electrons. The predicted molar refractivity (Wildman–Crippen MR) is 134 cm³/mol. The lowest BCUT2D eigenvalue weighted by atomic mass is 9.75. The molecule has 0 saturated heterocycles. The van der Waals surface area contributed by atoms with Gasteiger partial charge in [0.25, 0.3) is 11.5 Å². The van der Waals surface area contributed by atoms with Crippen LogP contribution in [0.3, 0.4) is 0 Å². The summed E-state index contributed by atoms with van der Waals surface area (Å²) in [5.41, 5.74) is 1.64. The van der Waals surface area contributed by atoms with Gasteiger partial charge in [-0.1, -0.05) is 71.9 Å². The van der Waals surface area contributed by atoms with Crippen LogP contribution in [0.2, 0.25) is 0 Å². The number of hydrogen-bond donors (Lipinski definition) is 1. The summed E-state index contributed by atoms with van der Waals surface area (Å²) in [5.74, 6) is -1.05. The summed E-state index contributed by atoms with van der Waals surface area (Å²) in [5, 5.41) is 9.09. The number of rotatable bonds is 6. The second-order valence-corrected chi connectivity index (χ2v) is 9.30. The molecule has 1 spiro atoms. The maximum atomic E-state index is 13.9. The third-order valence-electron chi connectivity index (χ3n) is 6.31. The summed E-state index contributed by atoms with van der Waals surface area (Å²) in [6.07, 6.45) is 0. The number of fused-ring (bicyclic) bond motifs is 2. The van der Waals surface area contributed by atoms with Crippen molar-refractivity contribution >= 4 is 34.4 Å². The Bertz CT molecular complexity index is 1450. The van der Waals surface area contributed by atoms with Crippen LogP contribution in [-0.4, -0.2) is 17.4 Å². The smallest absolute Gasteiger partial charge is 0.277 e. The minimum absolute atomic E-state index is 0.221. The lowest BCUT2D eigenvalue weighted by molar-refractivity contribution is -0.140. The molecular weight excluding hydrogens is 460 g/mol. The van der Waals surface area contributed by atoms with Crippen LogP contribution in [0.1, 0.15) is 26.4 Å². The number of nitrogens with one attached hydrogen (secondary N) is 1. The molecule has 0 aliphatic carbocycles. The van der Waals surface area contributed by atoms with Gasteiger partial charge in [0.2, 0.25) is 0 Å². The monoisotopic (exact) mass is 480 g/mol.